The Balaban J connectivity index is 1.87. The molecule has 0 fully saturated rings. The number of halogens is 2. The molecule has 0 aliphatic rings. The maximum absolute atomic E-state index is 12.9. The van der Waals surface area contributed by atoms with E-state index in [-0.39, 0.29) is 10.9 Å². The van der Waals surface area contributed by atoms with E-state index >= 15 is 0 Å². The summed E-state index contributed by atoms with van der Waals surface area (Å²) in [7, 11) is 1.58. The molecule has 0 radical (unpaired) electrons. The molecule has 3 aromatic rings. The van der Waals surface area contributed by atoms with Crippen LogP contribution in [0.2, 0.25) is 10.0 Å². The van der Waals surface area contributed by atoms with Crippen molar-refractivity contribution < 1.29 is 14.3 Å². The number of rotatable bonds is 6. The first-order valence-electron chi connectivity index (χ1n) is 8.19. The second-order valence-corrected chi connectivity index (χ2v) is 6.46. The fourth-order valence-electron chi connectivity index (χ4n) is 2.48. The molecular weight excluding hydrogens is 385 g/mol. The van der Waals surface area contributed by atoms with Gasteiger partial charge in [0.25, 0.3) is 5.91 Å². The van der Waals surface area contributed by atoms with Gasteiger partial charge in [0.05, 0.1) is 12.1 Å². The van der Waals surface area contributed by atoms with E-state index in [1.807, 2.05) is 30.3 Å². The molecule has 0 bridgehead atoms. The first-order valence-corrected chi connectivity index (χ1v) is 8.94. The van der Waals surface area contributed by atoms with E-state index in [0.717, 1.165) is 0 Å². The number of benzene rings is 3. The van der Waals surface area contributed by atoms with E-state index in [1.54, 1.807) is 49.6 Å². The number of carbonyl (C=O) groups is 1. The molecule has 6 heteroatoms. The standard InChI is InChI=1S/C21H17Cl2NO3/c1-26-16-12-10-15(11-13-16)24-21(25)20(14-6-3-2-4-7-14)27-18-9-5-8-17(22)19(18)23/h2-13,20H,1H3,(H,24,25)/t20-/m0/s1. The highest BCUT2D eigenvalue weighted by Crippen LogP contribution is 2.34. The maximum atomic E-state index is 12.9. The molecular formula is C21H17Cl2NO3. The molecule has 0 spiro atoms. The monoisotopic (exact) mass is 401 g/mol. The van der Waals surface area contributed by atoms with Gasteiger partial charge in [-0.25, -0.2) is 0 Å². The van der Waals surface area contributed by atoms with Crippen molar-refractivity contribution in [3.63, 3.8) is 0 Å². The molecule has 0 heterocycles. The second-order valence-electron chi connectivity index (χ2n) is 5.68. The number of nitrogens with one attached hydrogen (secondary N) is 1. The number of ether oxygens (including phenoxy) is 2. The molecule has 0 saturated heterocycles. The van der Waals surface area contributed by atoms with Crippen molar-refractivity contribution >= 4 is 34.8 Å². The van der Waals surface area contributed by atoms with Crippen molar-refractivity contribution in [3.05, 3.63) is 88.4 Å². The third-order valence-corrected chi connectivity index (χ3v) is 4.66. The first kappa shape index (κ1) is 19.1. The number of carbonyl (C=O) groups excluding carboxylic acids is 1. The summed E-state index contributed by atoms with van der Waals surface area (Å²) >= 11 is 12.3. The molecule has 1 N–H and O–H groups in total. The molecule has 1 amide bonds. The zero-order valence-electron chi connectivity index (χ0n) is 14.5. The van der Waals surface area contributed by atoms with Gasteiger partial charge < -0.3 is 14.8 Å². The Labute approximate surface area is 167 Å². The van der Waals surface area contributed by atoms with Gasteiger partial charge in [-0.3, -0.25) is 4.79 Å². The second kappa shape index (κ2) is 8.80. The highest BCUT2D eigenvalue weighted by molar-refractivity contribution is 6.42. The molecule has 0 unspecified atom stereocenters. The Morgan fingerprint density at radius 1 is 0.926 bits per heavy atom. The predicted octanol–water partition coefficient (Wildman–Crippen LogP) is 5.76. The van der Waals surface area contributed by atoms with Gasteiger partial charge in [-0.05, 0) is 36.4 Å². The lowest BCUT2D eigenvalue weighted by Crippen LogP contribution is -2.25. The van der Waals surface area contributed by atoms with Crippen LogP contribution < -0.4 is 14.8 Å². The normalized spacial score (nSPS) is 11.5. The molecule has 0 saturated carbocycles. The van der Waals surface area contributed by atoms with Crippen LogP contribution in [0.5, 0.6) is 11.5 Å². The van der Waals surface area contributed by atoms with Gasteiger partial charge in [-0.15, -0.1) is 0 Å². The fourth-order valence-corrected chi connectivity index (χ4v) is 2.82. The summed E-state index contributed by atoms with van der Waals surface area (Å²) in [5, 5.41) is 3.47. The van der Waals surface area contributed by atoms with Gasteiger partial charge in [0.1, 0.15) is 16.5 Å². The maximum Gasteiger partial charge on any atom is 0.270 e. The van der Waals surface area contributed by atoms with Gasteiger partial charge in [0.15, 0.2) is 0 Å². The minimum absolute atomic E-state index is 0.261. The minimum atomic E-state index is -0.899. The summed E-state index contributed by atoms with van der Waals surface area (Å²) in [6.45, 7) is 0. The van der Waals surface area contributed by atoms with E-state index in [4.69, 9.17) is 32.7 Å². The Morgan fingerprint density at radius 2 is 1.63 bits per heavy atom. The Kier molecular flexibility index (Phi) is 6.22. The Morgan fingerprint density at radius 3 is 2.30 bits per heavy atom. The van der Waals surface area contributed by atoms with Crippen molar-refractivity contribution in [2.75, 3.05) is 12.4 Å². The average Bonchev–Trinajstić information content (AvgIpc) is 2.70. The number of methoxy groups -OCH3 is 1. The highest BCUT2D eigenvalue weighted by Gasteiger charge is 2.24. The summed E-state index contributed by atoms with van der Waals surface area (Å²) in [4.78, 5) is 12.9. The number of hydrogen-bond donors (Lipinski definition) is 1. The first-order chi connectivity index (χ1) is 13.1. The van der Waals surface area contributed by atoms with Gasteiger partial charge >= 0.3 is 0 Å². The molecule has 0 aliphatic heterocycles. The lowest BCUT2D eigenvalue weighted by atomic mass is 10.1. The lowest BCUT2D eigenvalue weighted by molar-refractivity contribution is -0.123. The summed E-state index contributed by atoms with van der Waals surface area (Å²) < 4.78 is 11.1. The van der Waals surface area contributed by atoms with Gasteiger partial charge in [-0.2, -0.15) is 0 Å². The van der Waals surface area contributed by atoms with Crippen LogP contribution in [-0.2, 0) is 4.79 Å². The molecule has 0 aliphatic carbocycles. The Bertz CT molecular complexity index is 914. The van der Waals surface area contributed by atoms with E-state index in [0.29, 0.717) is 27.8 Å². The third kappa shape index (κ3) is 4.73. The average molecular weight is 402 g/mol. The minimum Gasteiger partial charge on any atom is -0.497 e. The molecule has 1 atom stereocenters. The summed E-state index contributed by atoms with van der Waals surface area (Å²) in [5.41, 5.74) is 1.32. The topological polar surface area (TPSA) is 47.6 Å². The number of amides is 1. The van der Waals surface area contributed by atoms with Crippen LogP contribution in [0, 0.1) is 0 Å². The van der Waals surface area contributed by atoms with Crippen molar-refractivity contribution in [3.8, 4) is 11.5 Å². The van der Waals surface area contributed by atoms with Crippen LogP contribution in [0.15, 0.2) is 72.8 Å². The smallest absolute Gasteiger partial charge is 0.270 e. The van der Waals surface area contributed by atoms with Gasteiger partial charge in [0.2, 0.25) is 6.10 Å². The SMILES string of the molecule is COc1ccc(NC(=O)[C@@H](Oc2cccc(Cl)c2Cl)c2ccccc2)cc1. The number of hydrogen-bond acceptors (Lipinski definition) is 3. The largest absolute Gasteiger partial charge is 0.497 e. The van der Waals surface area contributed by atoms with E-state index in [2.05, 4.69) is 5.32 Å². The molecule has 4 nitrogen and oxygen atoms in total. The van der Waals surface area contributed by atoms with Crippen molar-refractivity contribution in [1.29, 1.82) is 0 Å². The lowest BCUT2D eigenvalue weighted by Gasteiger charge is -2.20. The third-order valence-electron chi connectivity index (χ3n) is 3.86. The Hall–Kier alpha value is -2.69. The van der Waals surface area contributed by atoms with Crippen LogP contribution in [0.1, 0.15) is 11.7 Å². The van der Waals surface area contributed by atoms with E-state index < -0.39 is 6.10 Å². The summed E-state index contributed by atoms with van der Waals surface area (Å²) in [6, 6.07) is 21.3. The van der Waals surface area contributed by atoms with E-state index in [1.165, 1.54) is 0 Å². The predicted molar refractivity (Wildman–Crippen MR) is 108 cm³/mol. The van der Waals surface area contributed by atoms with Gasteiger partial charge in [0, 0.05) is 11.3 Å². The van der Waals surface area contributed by atoms with Crippen LogP contribution in [-0.4, -0.2) is 13.0 Å². The van der Waals surface area contributed by atoms with Crippen LogP contribution in [0.3, 0.4) is 0 Å². The fraction of sp³-hybridized carbons (Fsp3) is 0.0952. The van der Waals surface area contributed by atoms with Crippen LogP contribution >= 0.6 is 23.2 Å². The molecule has 138 valence electrons. The van der Waals surface area contributed by atoms with Gasteiger partial charge in [-0.1, -0.05) is 59.6 Å². The van der Waals surface area contributed by atoms with E-state index in [9.17, 15) is 4.79 Å². The van der Waals surface area contributed by atoms with Crippen LogP contribution in [0.25, 0.3) is 0 Å². The summed E-state index contributed by atoms with van der Waals surface area (Å²) in [5.74, 6) is 0.708. The van der Waals surface area contributed by atoms with Crippen molar-refractivity contribution in [2.45, 2.75) is 6.10 Å². The van der Waals surface area contributed by atoms with Crippen molar-refractivity contribution in [1.82, 2.24) is 0 Å². The summed E-state index contributed by atoms with van der Waals surface area (Å²) in [6.07, 6.45) is -0.899. The molecule has 0 aromatic heterocycles. The molecule has 3 aromatic carbocycles. The molecule has 27 heavy (non-hydrogen) atoms. The van der Waals surface area contributed by atoms with Crippen molar-refractivity contribution in [2.24, 2.45) is 0 Å². The molecule has 3 rings (SSSR count). The highest BCUT2D eigenvalue weighted by atomic mass is 35.5. The number of anilines is 1. The quantitative estimate of drug-likeness (QED) is 0.570. The zero-order valence-corrected chi connectivity index (χ0v) is 16.0. The zero-order chi connectivity index (χ0) is 19.2. The van der Waals surface area contributed by atoms with Crippen LogP contribution in [0.4, 0.5) is 5.69 Å².